The van der Waals surface area contributed by atoms with Crippen molar-refractivity contribution in [3.05, 3.63) is 48.1 Å². The number of carbonyl (C=O) groups is 1. The molecule has 1 saturated heterocycles. The van der Waals surface area contributed by atoms with Crippen LogP contribution >= 0.6 is 0 Å². The van der Waals surface area contributed by atoms with E-state index in [4.69, 9.17) is 4.52 Å². The third kappa shape index (κ3) is 3.33. The molecule has 0 bridgehead atoms. The van der Waals surface area contributed by atoms with Gasteiger partial charge in [-0.15, -0.1) is 0 Å². The monoisotopic (exact) mass is 300 g/mol. The third-order valence-corrected chi connectivity index (χ3v) is 4.20. The molecular weight excluding hydrogens is 280 g/mol. The average molecular weight is 300 g/mol. The van der Waals surface area contributed by atoms with E-state index in [-0.39, 0.29) is 5.91 Å². The maximum Gasteiger partial charge on any atom is 0.253 e. The number of piperidine rings is 1. The van der Waals surface area contributed by atoms with Crippen LogP contribution in [0.5, 0.6) is 0 Å². The summed E-state index contributed by atoms with van der Waals surface area (Å²) in [4.78, 5) is 20.6. The van der Waals surface area contributed by atoms with E-state index in [0.717, 1.165) is 38.2 Å². The summed E-state index contributed by atoms with van der Waals surface area (Å²) >= 11 is 0. The molecule has 0 N–H and O–H groups in total. The van der Waals surface area contributed by atoms with E-state index in [1.165, 1.54) is 0 Å². The summed E-state index contributed by atoms with van der Waals surface area (Å²) in [7, 11) is 2.10. The van der Waals surface area contributed by atoms with Crippen molar-refractivity contribution in [3.8, 4) is 0 Å². The summed E-state index contributed by atoms with van der Waals surface area (Å²) in [5, 5.41) is 3.95. The zero-order chi connectivity index (χ0) is 15.4. The molecule has 1 aliphatic rings. The predicted molar refractivity (Wildman–Crippen MR) is 81.1 cm³/mol. The number of amides is 1. The molecule has 1 fully saturated rings. The second kappa shape index (κ2) is 6.70. The highest BCUT2D eigenvalue weighted by molar-refractivity contribution is 5.94. The van der Waals surface area contributed by atoms with Gasteiger partial charge in [-0.3, -0.25) is 14.7 Å². The van der Waals surface area contributed by atoms with Crippen molar-refractivity contribution < 1.29 is 9.32 Å². The van der Waals surface area contributed by atoms with Crippen LogP contribution < -0.4 is 0 Å². The van der Waals surface area contributed by atoms with Crippen LogP contribution in [0.2, 0.25) is 0 Å². The van der Waals surface area contributed by atoms with Crippen molar-refractivity contribution in [2.45, 2.75) is 25.4 Å². The van der Waals surface area contributed by atoms with Gasteiger partial charge >= 0.3 is 0 Å². The Bertz CT molecular complexity index is 592. The lowest BCUT2D eigenvalue weighted by Gasteiger charge is -2.36. The maximum absolute atomic E-state index is 12.4. The van der Waals surface area contributed by atoms with Crippen molar-refractivity contribution >= 4 is 5.91 Å². The van der Waals surface area contributed by atoms with Crippen LogP contribution in [0.4, 0.5) is 0 Å². The van der Waals surface area contributed by atoms with Gasteiger partial charge in [0, 0.05) is 49.7 Å². The molecule has 2 aromatic heterocycles. The van der Waals surface area contributed by atoms with Gasteiger partial charge in [0.25, 0.3) is 5.91 Å². The minimum atomic E-state index is 0.0972. The van der Waals surface area contributed by atoms with Gasteiger partial charge in [0.2, 0.25) is 0 Å². The number of carbonyl (C=O) groups excluding carboxylic acids is 1. The Hall–Kier alpha value is -2.21. The van der Waals surface area contributed by atoms with E-state index >= 15 is 0 Å². The Morgan fingerprint density at radius 3 is 2.68 bits per heavy atom. The number of rotatable bonds is 4. The lowest BCUT2D eigenvalue weighted by Crippen LogP contribution is -2.45. The van der Waals surface area contributed by atoms with E-state index in [1.807, 2.05) is 11.0 Å². The van der Waals surface area contributed by atoms with Crippen LogP contribution in [-0.2, 0) is 6.54 Å². The van der Waals surface area contributed by atoms with Crippen molar-refractivity contribution in [1.29, 1.82) is 0 Å². The lowest BCUT2D eigenvalue weighted by molar-refractivity contribution is 0.0637. The Morgan fingerprint density at radius 1 is 1.32 bits per heavy atom. The van der Waals surface area contributed by atoms with Crippen LogP contribution in [0.1, 0.15) is 28.9 Å². The van der Waals surface area contributed by atoms with Crippen LogP contribution in [0.3, 0.4) is 0 Å². The second-order valence-corrected chi connectivity index (χ2v) is 5.67. The molecule has 6 nitrogen and oxygen atoms in total. The van der Waals surface area contributed by atoms with E-state index in [2.05, 4.69) is 22.1 Å². The van der Waals surface area contributed by atoms with E-state index in [1.54, 1.807) is 30.8 Å². The SMILES string of the molecule is CN(Cc1ccon1)C1CCN(C(=O)c2ccncc2)CC1. The molecule has 0 atom stereocenters. The molecular formula is C16H20N4O2. The van der Waals surface area contributed by atoms with Gasteiger partial charge in [0.05, 0.1) is 5.69 Å². The van der Waals surface area contributed by atoms with E-state index < -0.39 is 0 Å². The summed E-state index contributed by atoms with van der Waals surface area (Å²) in [6.07, 6.45) is 6.87. The van der Waals surface area contributed by atoms with Crippen LogP contribution in [0.25, 0.3) is 0 Å². The molecule has 116 valence electrons. The number of nitrogens with zero attached hydrogens (tertiary/aromatic N) is 4. The largest absolute Gasteiger partial charge is 0.364 e. The van der Waals surface area contributed by atoms with Gasteiger partial charge in [0.1, 0.15) is 6.26 Å². The average Bonchev–Trinajstić information content (AvgIpc) is 3.08. The first-order chi connectivity index (χ1) is 10.7. The Kier molecular flexibility index (Phi) is 4.48. The first-order valence-corrected chi connectivity index (χ1v) is 7.53. The first-order valence-electron chi connectivity index (χ1n) is 7.53. The molecule has 3 heterocycles. The highest BCUT2D eigenvalue weighted by Gasteiger charge is 2.26. The number of pyridine rings is 1. The van der Waals surface area contributed by atoms with Crippen molar-refractivity contribution in [2.75, 3.05) is 20.1 Å². The molecule has 3 rings (SSSR count). The minimum absolute atomic E-state index is 0.0972. The van der Waals surface area contributed by atoms with Crippen LogP contribution in [-0.4, -0.2) is 52.0 Å². The fourth-order valence-corrected chi connectivity index (χ4v) is 2.89. The van der Waals surface area contributed by atoms with Gasteiger partial charge in [0.15, 0.2) is 0 Å². The zero-order valence-electron chi connectivity index (χ0n) is 12.7. The fraction of sp³-hybridized carbons (Fsp3) is 0.438. The number of hydrogen-bond acceptors (Lipinski definition) is 5. The summed E-state index contributed by atoms with van der Waals surface area (Å²) in [6.45, 7) is 2.35. The quantitative estimate of drug-likeness (QED) is 0.861. The Morgan fingerprint density at radius 2 is 2.05 bits per heavy atom. The molecule has 1 amide bonds. The summed E-state index contributed by atoms with van der Waals surface area (Å²) in [5.41, 5.74) is 1.65. The molecule has 0 aliphatic carbocycles. The molecule has 6 heteroatoms. The van der Waals surface area contributed by atoms with Gasteiger partial charge in [-0.1, -0.05) is 5.16 Å². The summed E-state index contributed by atoms with van der Waals surface area (Å²) in [5.74, 6) is 0.0972. The molecule has 2 aromatic rings. The number of likely N-dealkylation sites (tertiary alicyclic amines) is 1. The molecule has 0 aromatic carbocycles. The highest BCUT2D eigenvalue weighted by Crippen LogP contribution is 2.18. The van der Waals surface area contributed by atoms with Gasteiger partial charge in [-0.2, -0.15) is 0 Å². The summed E-state index contributed by atoms with van der Waals surface area (Å²) < 4.78 is 4.87. The number of aromatic nitrogens is 2. The van der Waals surface area contributed by atoms with Gasteiger partial charge < -0.3 is 9.42 Å². The van der Waals surface area contributed by atoms with Crippen LogP contribution in [0, 0.1) is 0 Å². The minimum Gasteiger partial charge on any atom is -0.364 e. The Balaban J connectivity index is 1.53. The van der Waals surface area contributed by atoms with Gasteiger partial charge in [-0.25, -0.2) is 0 Å². The van der Waals surface area contributed by atoms with Crippen molar-refractivity contribution in [2.24, 2.45) is 0 Å². The molecule has 22 heavy (non-hydrogen) atoms. The van der Waals surface area contributed by atoms with Crippen molar-refractivity contribution in [3.63, 3.8) is 0 Å². The van der Waals surface area contributed by atoms with E-state index in [0.29, 0.717) is 11.6 Å². The van der Waals surface area contributed by atoms with Gasteiger partial charge in [-0.05, 0) is 32.0 Å². The summed E-state index contributed by atoms with van der Waals surface area (Å²) in [6, 6.07) is 5.90. The Labute approximate surface area is 129 Å². The first kappa shape index (κ1) is 14.7. The highest BCUT2D eigenvalue weighted by atomic mass is 16.5. The standard InChI is InChI=1S/C16H20N4O2/c1-19(12-14-6-11-22-18-14)15-4-9-20(10-5-15)16(21)13-2-7-17-8-3-13/h2-3,6-8,11,15H,4-5,9-10,12H2,1H3. The number of hydrogen-bond donors (Lipinski definition) is 0. The molecule has 0 spiro atoms. The fourth-order valence-electron chi connectivity index (χ4n) is 2.89. The maximum atomic E-state index is 12.4. The molecule has 0 unspecified atom stereocenters. The molecule has 0 radical (unpaired) electrons. The lowest BCUT2D eigenvalue weighted by atomic mass is 10.0. The smallest absolute Gasteiger partial charge is 0.253 e. The normalized spacial score (nSPS) is 16.2. The van der Waals surface area contributed by atoms with Crippen molar-refractivity contribution in [1.82, 2.24) is 19.9 Å². The third-order valence-electron chi connectivity index (χ3n) is 4.20. The molecule has 1 aliphatic heterocycles. The second-order valence-electron chi connectivity index (χ2n) is 5.67. The zero-order valence-corrected chi connectivity index (χ0v) is 12.7. The topological polar surface area (TPSA) is 62.5 Å². The molecule has 0 saturated carbocycles. The van der Waals surface area contributed by atoms with Crippen LogP contribution in [0.15, 0.2) is 41.4 Å². The predicted octanol–water partition coefficient (Wildman–Crippen LogP) is 1.81. The van der Waals surface area contributed by atoms with E-state index in [9.17, 15) is 4.79 Å².